The molecule has 16 heavy (non-hydrogen) atoms. The quantitative estimate of drug-likeness (QED) is 0.881. The molecule has 2 rings (SSSR count). The van der Waals surface area contributed by atoms with Crippen LogP contribution in [0.1, 0.15) is 10.4 Å². The van der Waals surface area contributed by atoms with Gasteiger partial charge in [0.1, 0.15) is 0 Å². The van der Waals surface area contributed by atoms with E-state index in [1.54, 1.807) is 23.7 Å². The molecule has 0 fully saturated rings. The van der Waals surface area contributed by atoms with E-state index in [1.165, 1.54) is 4.88 Å². The fourth-order valence-corrected chi connectivity index (χ4v) is 2.37. The summed E-state index contributed by atoms with van der Waals surface area (Å²) in [4.78, 5) is 7.50. The molecule has 2 aromatic rings. The number of anilines is 1. The molecule has 3 nitrogen and oxygen atoms in total. The third kappa shape index (κ3) is 2.40. The molecule has 0 radical (unpaired) electrons. The number of aliphatic hydroxyl groups excluding tert-OH is 1. The van der Waals surface area contributed by atoms with E-state index >= 15 is 0 Å². The van der Waals surface area contributed by atoms with Crippen molar-refractivity contribution in [3.63, 3.8) is 0 Å². The molecule has 0 aromatic carbocycles. The molecule has 0 unspecified atom stereocenters. The van der Waals surface area contributed by atoms with Gasteiger partial charge in [0.15, 0.2) is 0 Å². The van der Waals surface area contributed by atoms with Gasteiger partial charge in [-0.05, 0) is 17.5 Å². The van der Waals surface area contributed by atoms with Crippen molar-refractivity contribution in [3.8, 4) is 0 Å². The molecule has 0 aliphatic heterocycles. The van der Waals surface area contributed by atoms with Gasteiger partial charge in [-0.3, -0.25) is 4.98 Å². The van der Waals surface area contributed by atoms with Crippen LogP contribution < -0.4 is 4.90 Å². The largest absolute Gasteiger partial charge is 0.392 e. The molecule has 2 aromatic heterocycles. The van der Waals surface area contributed by atoms with E-state index in [0.29, 0.717) is 0 Å². The van der Waals surface area contributed by atoms with Crippen LogP contribution in [0, 0.1) is 0 Å². The maximum atomic E-state index is 9.24. The first kappa shape index (κ1) is 11.1. The first-order valence-corrected chi connectivity index (χ1v) is 5.96. The predicted octanol–water partition coefficient (Wildman–Crippen LogP) is 2.27. The van der Waals surface area contributed by atoms with E-state index in [0.717, 1.165) is 17.8 Å². The monoisotopic (exact) mass is 234 g/mol. The van der Waals surface area contributed by atoms with E-state index in [1.807, 2.05) is 19.2 Å². The van der Waals surface area contributed by atoms with E-state index in [9.17, 15) is 5.11 Å². The Labute approximate surface area is 99.0 Å². The molecule has 0 aliphatic rings. The zero-order chi connectivity index (χ0) is 11.4. The maximum Gasteiger partial charge on any atom is 0.0703 e. The SMILES string of the molecule is CN(Cc1cccs1)c1cnccc1CO. The molecule has 0 aliphatic carbocycles. The van der Waals surface area contributed by atoms with E-state index < -0.39 is 0 Å². The number of thiophene rings is 1. The summed E-state index contributed by atoms with van der Waals surface area (Å²) in [6.07, 6.45) is 3.49. The summed E-state index contributed by atoms with van der Waals surface area (Å²) in [5.74, 6) is 0. The van der Waals surface area contributed by atoms with Crippen LogP contribution in [0.4, 0.5) is 5.69 Å². The molecule has 2 heterocycles. The number of hydrogen-bond acceptors (Lipinski definition) is 4. The van der Waals surface area contributed by atoms with Crippen molar-refractivity contribution in [2.24, 2.45) is 0 Å². The Kier molecular flexibility index (Phi) is 3.54. The Bertz CT molecular complexity index is 442. The summed E-state index contributed by atoms with van der Waals surface area (Å²) in [5, 5.41) is 11.3. The zero-order valence-corrected chi connectivity index (χ0v) is 9.94. The highest BCUT2D eigenvalue weighted by atomic mass is 32.1. The van der Waals surface area contributed by atoms with Crippen LogP contribution in [0.25, 0.3) is 0 Å². The molecule has 0 saturated carbocycles. The molecular weight excluding hydrogens is 220 g/mol. The zero-order valence-electron chi connectivity index (χ0n) is 9.13. The Balaban J connectivity index is 2.17. The number of pyridine rings is 1. The maximum absolute atomic E-state index is 9.24. The van der Waals surface area contributed by atoms with Crippen LogP contribution >= 0.6 is 11.3 Å². The molecule has 1 N–H and O–H groups in total. The number of hydrogen-bond donors (Lipinski definition) is 1. The lowest BCUT2D eigenvalue weighted by Crippen LogP contribution is -2.17. The van der Waals surface area contributed by atoms with Crippen molar-refractivity contribution >= 4 is 17.0 Å². The van der Waals surface area contributed by atoms with Gasteiger partial charge in [-0.1, -0.05) is 6.07 Å². The van der Waals surface area contributed by atoms with Gasteiger partial charge in [-0.25, -0.2) is 0 Å². The first-order valence-electron chi connectivity index (χ1n) is 5.08. The summed E-state index contributed by atoms with van der Waals surface area (Å²) < 4.78 is 0. The van der Waals surface area contributed by atoms with Gasteiger partial charge in [-0.2, -0.15) is 0 Å². The van der Waals surface area contributed by atoms with E-state index in [4.69, 9.17) is 0 Å². The van der Waals surface area contributed by atoms with Crippen LogP contribution in [-0.2, 0) is 13.2 Å². The Hall–Kier alpha value is -1.39. The molecular formula is C12H14N2OS. The Morgan fingerprint density at radius 3 is 3.00 bits per heavy atom. The summed E-state index contributed by atoms with van der Waals surface area (Å²) in [5.41, 5.74) is 1.90. The van der Waals surface area contributed by atoms with E-state index in [-0.39, 0.29) is 6.61 Å². The molecule has 0 spiro atoms. The van der Waals surface area contributed by atoms with Gasteiger partial charge in [0, 0.05) is 23.7 Å². The lowest BCUT2D eigenvalue weighted by Gasteiger charge is -2.20. The van der Waals surface area contributed by atoms with Gasteiger partial charge in [-0.15, -0.1) is 11.3 Å². The summed E-state index contributed by atoms with van der Waals surface area (Å²) in [7, 11) is 2.01. The average molecular weight is 234 g/mol. The highest BCUT2D eigenvalue weighted by molar-refractivity contribution is 7.09. The van der Waals surface area contributed by atoms with Gasteiger partial charge >= 0.3 is 0 Å². The minimum Gasteiger partial charge on any atom is -0.392 e. The highest BCUT2D eigenvalue weighted by Gasteiger charge is 2.07. The van der Waals surface area contributed by atoms with E-state index in [2.05, 4.69) is 21.3 Å². The number of nitrogens with zero attached hydrogens (tertiary/aromatic N) is 2. The normalized spacial score (nSPS) is 10.4. The number of aromatic nitrogens is 1. The van der Waals surface area contributed by atoms with Gasteiger partial charge in [0.2, 0.25) is 0 Å². The van der Waals surface area contributed by atoms with Gasteiger partial charge in [0.05, 0.1) is 25.0 Å². The molecule has 0 atom stereocenters. The average Bonchev–Trinajstić information content (AvgIpc) is 2.81. The van der Waals surface area contributed by atoms with Crippen molar-refractivity contribution in [3.05, 3.63) is 46.4 Å². The molecule has 0 saturated heterocycles. The van der Waals surface area contributed by atoms with Crippen molar-refractivity contribution in [2.45, 2.75) is 13.2 Å². The second-order valence-corrected chi connectivity index (χ2v) is 4.63. The third-order valence-corrected chi connectivity index (χ3v) is 3.30. The molecule has 0 bridgehead atoms. The fraction of sp³-hybridized carbons (Fsp3) is 0.250. The predicted molar refractivity (Wildman–Crippen MR) is 66.6 cm³/mol. The Morgan fingerprint density at radius 2 is 2.31 bits per heavy atom. The topological polar surface area (TPSA) is 36.4 Å². The van der Waals surface area contributed by atoms with Crippen molar-refractivity contribution in [1.82, 2.24) is 4.98 Å². The van der Waals surface area contributed by atoms with Crippen LogP contribution in [0.5, 0.6) is 0 Å². The minimum atomic E-state index is 0.0482. The van der Waals surface area contributed by atoms with Crippen LogP contribution in [-0.4, -0.2) is 17.1 Å². The van der Waals surface area contributed by atoms with Crippen molar-refractivity contribution in [2.75, 3.05) is 11.9 Å². The third-order valence-electron chi connectivity index (χ3n) is 2.44. The van der Waals surface area contributed by atoms with Crippen molar-refractivity contribution in [1.29, 1.82) is 0 Å². The lowest BCUT2D eigenvalue weighted by atomic mass is 10.2. The first-order chi connectivity index (χ1) is 7.81. The van der Waals surface area contributed by atoms with Crippen LogP contribution in [0.15, 0.2) is 36.0 Å². The minimum absolute atomic E-state index is 0.0482. The van der Waals surface area contributed by atoms with Crippen LogP contribution in [0.3, 0.4) is 0 Å². The molecule has 4 heteroatoms. The second-order valence-electron chi connectivity index (χ2n) is 3.60. The molecule has 84 valence electrons. The van der Waals surface area contributed by atoms with Gasteiger partial charge in [0.25, 0.3) is 0 Å². The van der Waals surface area contributed by atoms with Gasteiger partial charge < -0.3 is 10.0 Å². The fourth-order valence-electron chi connectivity index (χ4n) is 1.61. The summed E-state index contributed by atoms with van der Waals surface area (Å²) in [6, 6.07) is 6.00. The lowest BCUT2D eigenvalue weighted by molar-refractivity contribution is 0.282. The number of rotatable bonds is 4. The number of aliphatic hydroxyl groups is 1. The van der Waals surface area contributed by atoms with Crippen LogP contribution in [0.2, 0.25) is 0 Å². The second kappa shape index (κ2) is 5.09. The standard InChI is InChI=1S/C12H14N2OS/c1-14(8-11-3-2-6-16-11)12-7-13-5-4-10(12)9-15/h2-7,15H,8-9H2,1H3. The Morgan fingerprint density at radius 1 is 1.44 bits per heavy atom. The highest BCUT2D eigenvalue weighted by Crippen LogP contribution is 2.21. The summed E-state index contributed by atoms with van der Waals surface area (Å²) in [6.45, 7) is 0.892. The van der Waals surface area contributed by atoms with Crippen molar-refractivity contribution < 1.29 is 5.11 Å². The molecule has 0 amide bonds. The smallest absolute Gasteiger partial charge is 0.0703 e. The summed E-state index contributed by atoms with van der Waals surface area (Å²) >= 11 is 1.73.